The lowest BCUT2D eigenvalue weighted by Crippen LogP contribution is -2.45. The summed E-state index contributed by atoms with van der Waals surface area (Å²) in [6.07, 6.45) is 4.28. The SMILES string of the molecule is O=S(=O)(NC1CCN(C2CC2)CC1)c1cc(Cl)cc(Cl)c1. The topological polar surface area (TPSA) is 49.4 Å². The first kappa shape index (κ1) is 15.6. The quantitative estimate of drug-likeness (QED) is 0.909. The van der Waals surface area contributed by atoms with Crippen molar-refractivity contribution in [1.82, 2.24) is 9.62 Å². The maximum absolute atomic E-state index is 12.4. The van der Waals surface area contributed by atoms with Gasteiger partial charge in [0.05, 0.1) is 4.90 Å². The molecule has 1 aliphatic carbocycles. The Balaban J connectivity index is 1.65. The fraction of sp³-hybridized carbons (Fsp3) is 0.571. The summed E-state index contributed by atoms with van der Waals surface area (Å²) < 4.78 is 27.6. The Bertz CT molecular complexity index is 604. The second-order valence-corrected chi connectivity index (χ2v) is 8.35. The molecule has 1 aliphatic heterocycles. The molecule has 0 spiro atoms. The highest BCUT2D eigenvalue weighted by molar-refractivity contribution is 7.89. The molecule has 1 heterocycles. The van der Waals surface area contributed by atoms with Crippen molar-refractivity contribution in [2.75, 3.05) is 13.1 Å². The summed E-state index contributed by atoms with van der Waals surface area (Å²) in [6, 6.07) is 5.11. The number of hydrogen-bond donors (Lipinski definition) is 1. The molecule has 7 heteroatoms. The van der Waals surface area contributed by atoms with Crippen LogP contribution in [0, 0.1) is 0 Å². The molecule has 21 heavy (non-hydrogen) atoms. The molecule has 1 N–H and O–H groups in total. The van der Waals surface area contributed by atoms with E-state index in [0.29, 0.717) is 10.0 Å². The third-order valence-electron chi connectivity index (χ3n) is 4.06. The summed E-state index contributed by atoms with van der Waals surface area (Å²) in [5.74, 6) is 0. The standard InChI is InChI=1S/C14H18Cl2N2O2S/c15-10-7-11(16)9-14(8-10)21(19,20)17-12-3-5-18(6-4-12)13-1-2-13/h7-9,12-13,17H,1-6H2. The normalized spacial score (nSPS) is 21.6. The van der Waals surface area contributed by atoms with Gasteiger partial charge in [0.2, 0.25) is 10.0 Å². The van der Waals surface area contributed by atoms with Gasteiger partial charge < -0.3 is 4.90 Å². The van der Waals surface area contributed by atoms with E-state index in [0.717, 1.165) is 32.0 Å². The lowest BCUT2D eigenvalue weighted by molar-refractivity contribution is 0.199. The van der Waals surface area contributed by atoms with Crippen molar-refractivity contribution < 1.29 is 8.42 Å². The third kappa shape index (κ3) is 3.90. The summed E-state index contributed by atoms with van der Waals surface area (Å²) in [4.78, 5) is 2.59. The van der Waals surface area contributed by atoms with Gasteiger partial charge in [0.1, 0.15) is 0 Å². The number of nitrogens with zero attached hydrogens (tertiary/aromatic N) is 1. The molecule has 1 saturated carbocycles. The molecule has 0 aromatic heterocycles. The van der Waals surface area contributed by atoms with Crippen LogP contribution in [0.25, 0.3) is 0 Å². The van der Waals surface area contributed by atoms with Gasteiger partial charge in [0, 0.05) is 22.1 Å². The zero-order valence-electron chi connectivity index (χ0n) is 11.6. The summed E-state index contributed by atoms with van der Waals surface area (Å²) in [5, 5.41) is 0.651. The van der Waals surface area contributed by atoms with E-state index in [1.165, 1.54) is 31.0 Å². The highest BCUT2D eigenvalue weighted by Crippen LogP contribution is 2.30. The first-order valence-corrected chi connectivity index (χ1v) is 9.40. The maximum Gasteiger partial charge on any atom is 0.240 e. The van der Waals surface area contributed by atoms with E-state index in [-0.39, 0.29) is 10.9 Å². The third-order valence-corrected chi connectivity index (χ3v) is 6.00. The van der Waals surface area contributed by atoms with E-state index in [9.17, 15) is 8.42 Å². The molecule has 0 radical (unpaired) electrons. The Kier molecular flexibility index (Phi) is 4.48. The van der Waals surface area contributed by atoms with Gasteiger partial charge in [-0.2, -0.15) is 0 Å². The Labute approximate surface area is 135 Å². The zero-order chi connectivity index (χ0) is 15.0. The van der Waals surface area contributed by atoms with E-state index >= 15 is 0 Å². The molecule has 1 aromatic rings. The molecule has 2 aliphatic rings. The highest BCUT2D eigenvalue weighted by Gasteiger charge is 2.33. The van der Waals surface area contributed by atoms with Crippen LogP contribution in [-0.4, -0.2) is 38.5 Å². The van der Waals surface area contributed by atoms with Crippen LogP contribution in [0.1, 0.15) is 25.7 Å². The second-order valence-electron chi connectivity index (χ2n) is 5.77. The predicted molar refractivity (Wildman–Crippen MR) is 84.4 cm³/mol. The number of nitrogens with one attached hydrogen (secondary N) is 1. The molecule has 116 valence electrons. The van der Waals surface area contributed by atoms with Gasteiger partial charge in [-0.3, -0.25) is 0 Å². The smallest absolute Gasteiger partial charge is 0.240 e. The Morgan fingerprint density at radius 1 is 1.00 bits per heavy atom. The first-order valence-electron chi connectivity index (χ1n) is 7.16. The first-order chi connectivity index (χ1) is 9.94. The van der Waals surface area contributed by atoms with Crippen molar-refractivity contribution in [3.63, 3.8) is 0 Å². The van der Waals surface area contributed by atoms with Gasteiger partial charge in [-0.25, -0.2) is 13.1 Å². The molecular weight excluding hydrogens is 331 g/mol. The highest BCUT2D eigenvalue weighted by atomic mass is 35.5. The van der Waals surface area contributed by atoms with Crippen LogP contribution in [0.2, 0.25) is 10.0 Å². The second kappa shape index (κ2) is 6.05. The zero-order valence-corrected chi connectivity index (χ0v) is 13.9. The van der Waals surface area contributed by atoms with Crippen molar-refractivity contribution in [2.45, 2.75) is 42.7 Å². The van der Waals surface area contributed by atoms with Crippen LogP contribution in [-0.2, 0) is 10.0 Å². The van der Waals surface area contributed by atoms with E-state index in [1.807, 2.05) is 0 Å². The van der Waals surface area contributed by atoms with Gasteiger partial charge in [0.15, 0.2) is 0 Å². The molecule has 2 fully saturated rings. The summed E-state index contributed by atoms with van der Waals surface area (Å²) >= 11 is 11.8. The van der Waals surface area contributed by atoms with Crippen molar-refractivity contribution in [1.29, 1.82) is 0 Å². The fourth-order valence-corrected chi connectivity index (χ4v) is 4.82. The van der Waals surface area contributed by atoms with E-state index in [4.69, 9.17) is 23.2 Å². The molecule has 0 unspecified atom stereocenters. The molecule has 4 nitrogen and oxygen atoms in total. The fourth-order valence-electron chi connectivity index (χ4n) is 2.79. The summed E-state index contributed by atoms with van der Waals surface area (Å²) in [5.41, 5.74) is 0. The summed E-state index contributed by atoms with van der Waals surface area (Å²) in [6.45, 7) is 1.93. The Hall–Kier alpha value is -0.330. The molecule has 0 bridgehead atoms. The largest absolute Gasteiger partial charge is 0.300 e. The van der Waals surface area contributed by atoms with Crippen LogP contribution >= 0.6 is 23.2 Å². The Morgan fingerprint density at radius 3 is 2.10 bits per heavy atom. The molecule has 0 atom stereocenters. The molecule has 0 amide bonds. The van der Waals surface area contributed by atoms with Gasteiger partial charge in [-0.15, -0.1) is 0 Å². The molecule has 3 rings (SSSR count). The van der Waals surface area contributed by atoms with E-state index < -0.39 is 10.0 Å². The van der Waals surface area contributed by atoms with Gasteiger partial charge in [0.25, 0.3) is 0 Å². The average Bonchev–Trinajstić information content (AvgIpc) is 3.22. The van der Waals surface area contributed by atoms with E-state index in [2.05, 4.69) is 9.62 Å². The number of sulfonamides is 1. The number of piperidine rings is 1. The predicted octanol–water partition coefficient (Wildman–Crippen LogP) is 2.90. The molecule has 1 saturated heterocycles. The van der Waals surface area contributed by atoms with Crippen LogP contribution in [0.5, 0.6) is 0 Å². The van der Waals surface area contributed by atoms with Gasteiger partial charge in [-0.1, -0.05) is 23.2 Å². The Morgan fingerprint density at radius 2 is 1.57 bits per heavy atom. The van der Waals surface area contributed by atoms with Crippen molar-refractivity contribution in [2.24, 2.45) is 0 Å². The van der Waals surface area contributed by atoms with Crippen LogP contribution in [0.15, 0.2) is 23.1 Å². The lowest BCUT2D eigenvalue weighted by Gasteiger charge is -2.32. The number of rotatable bonds is 4. The van der Waals surface area contributed by atoms with Gasteiger partial charge in [-0.05, 0) is 57.0 Å². The van der Waals surface area contributed by atoms with Crippen LogP contribution in [0.3, 0.4) is 0 Å². The number of likely N-dealkylation sites (tertiary alicyclic amines) is 1. The molecular formula is C14H18Cl2N2O2S. The minimum atomic E-state index is -3.56. The number of hydrogen-bond acceptors (Lipinski definition) is 3. The van der Waals surface area contributed by atoms with Crippen molar-refractivity contribution >= 4 is 33.2 Å². The van der Waals surface area contributed by atoms with Crippen LogP contribution < -0.4 is 4.72 Å². The van der Waals surface area contributed by atoms with Crippen LogP contribution in [0.4, 0.5) is 0 Å². The van der Waals surface area contributed by atoms with Crippen molar-refractivity contribution in [3.8, 4) is 0 Å². The number of halogens is 2. The summed E-state index contributed by atoms with van der Waals surface area (Å²) in [7, 11) is -3.56. The molecule has 1 aromatic carbocycles. The monoisotopic (exact) mass is 348 g/mol. The van der Waals surface area contributed by atoms with E-state index in [1.54, 1.807) is 0 Å². The van der Waals surface area contributed by atoms with Gasteiger partial charge >= 0.3 is 0 Å². The number of benzene rings is 1. The average molecular weight is 349 g/mol. The lowest BCUT2D eigenvalue weighted by atomic mass is 10.1. The minimum absolute atomic E-state index is 0.0113. The maximum atomic E-state index is 12.4. The minimum Gasteiger partial charge on any atom is -0.300 e. The van der Waals surface area contributed by atoms with Crippen molar-refractivity contribution in [3.05, 3.63) is 28.2 Å².